The van der Waals surface area contributed by atoms with Gasteiger partial charge in [0.15, 0.2) is 5.96 Å². The van der Waals surface area contributed by atoms with Crippen LogP contribution < -0.4 is 16.0 Å². The molecule has 6 heteroatoms. The van der Waals surface area contributed by atoms with E-state index in [0.717, 1.165) is 57.0 Å². The Balaban J connectivity index is 1.39. The van der Waals surface area contributed by atoms with E-state index in [2.05, 4.69) is 56.2 Å². The van der Waals surface area contributed by atoms with Crippen molar-refractivity contribution in [1.82, 2.24) is 20.9 Å². The average Bonchev–Trinajstić information content (AvgIpc) is 2.80. The van der Waals surface area contributed by atoms with Crippen molar-refractivity contribution in [2.24, 2.45) is 4.99 Å². The van der Waals surface area contributed by atoms with Crippen LogP contribution in [0.3, 0.4) is 0 Å². The molecule has 0 bridgehead atoms. The molecule has 0 radical (unpaired) electrons. The molecule has 1 aliphatic heterocycles. The van der Waals surface area contributed by atoms with Crippen LogP contribution in [-0.2, 0) is 13.0 Å². The van der Waals surface area contributed by atoms with Crippen LogP contribution in [0.5, 0.6) is 0 Å². The molecular formula is C24H33N5O. The first-order valence-corrected chi connectivity index (χ1v) is 10.7. The number of guanidine groups is 1. The second-order valence-corrected chi connectivity index (χ2v) is 7.71. The summed E-state index contributed by atoms with van der Waals surface area (Å²) < 4.78 is 0. The van der Waals surface area contributed by atoms with Gasteiger partial charge < -0.3 is 16.0 Å². The molecule has 2 aromatic rings. The van der Waals surface area contributed by atoms with Crippen LogP contribution in [-0.4, -0.2) is 56.5 Å². The van der Waals surface area contributed by atoms with Crippen molar-refractivity contribution >= 4 is 11.9 Å². The second-order valence-electron chi connectivity index (χ2n) is 7.71. The Morgan fingerprint density at radius 2 is 1.80 bits per heavy atom. The topological polar surface area (TPSA) is 68.8 Å². The summed E-state index contributed by atoms with van der Waals surface area (Å²) in [7, 11) is 3.46. The summed E-state index contributed by atoms with van der Waals surface area (Å²) in [5.41, 5.74) is 3.20. The highest BCUT2D eigenvalue weighted by molar-refractivity contribution is 5.94. The summed E-state index contributed by atoms with van der Waals surface area (Å²) >= 11 is 0. The van der Waals surface area contributed by atoms with E-state index in [1.807, 2.05) is 31.3 Å². The average molecular weight is 408 g/mol. The third-order valence-electron chi connectivity index (χ3n) is 5.52. The van der Waals surface area contributed by atoms with Gasteiger partial charge in [0.25, 0.3) is 5.91 Å². The second kappa shape index (κ2) is 11.4. The van der Waals surface area contributed by atoms with Crippen LogP contribution in [0.1, 0.15) is 34.3 Å². The largest absolute Gasteiger partial charge is 0.356 e. The SMILES string of the molecule is CN=C(NCCc1cccc(C(=O)NC)c1)NC1CCN(Cc2ccccc2)CC1. The van der Waals surface area contributed by atoms with E-state index in [0.29, 0.717) is 11.6 Å². The normalized spacial score (nSPS) is 15.6. The van der Waals surface area contributed by atoms with Crippen molar-refractivity contribution in [2.45, 2.75) is 31.8 Å². The number of rotatable bonds is 7. The predicted molar refractivity (Wildman–Crippen MR) is 123 cm³/mol. The number of carbonyl (C=O) groups excluding carboxylic acids is 1. The number of aliphatic imine (C=N–C) groups is 1. The zero-order valence-corrected chi connectivity index (χ0v) is 18.0. The smallest absolute Gasteiger partial charge is 0.251 e. The summed E-state index contributed by atoms with van der Waals surface area (Å²) in [4.78, 5) is 18.7. The molecule has 0 unspecified atom stereocenters. The highest BCUT2D eigenvalue weighted by Crippen LogP contribution is 2.14. The maximum absolute atomic E-state index is 11.8. The van der Waals surface area contributed by atoms with Crippen molar-refractivity contribution in [3.63, 3.8) is 0 Å². The van der Waals surface area contributed by atoms with Gasteiger partial charge in [-0.1, -0.05) is 42.5 Å². The van der Waals surface area contributed by atoms with E-state index in [1.165, 1.54) is 5.56 Å². The summed E-state index contributed by atoms with van der Waals surface area (Å²) in [5, 5.41) is 9.63. The minimum atomic E-state index is -0.0547. The summed E-state index contributed by atoms with van der Waals surface area (Å²) in [5.74, 6) is 0.792. The summed E-state index contributed by atoms with van der Waals surface area (Å²) in [6.45, 7) is 3.98. The maximum atomic E-state index is 11.8. The molecule has 1 heterocycles. The number of hydrogen-bond donors (Lipinski definition) is 3. The van der Waals surface area contributed by atoms with Gasteiger partial charge in [-0.3, -0.25) is 14.7 Å². The minimum Gasteiger partial charge on any atom is -0.356 e. The van der Waals surface area contributed by atoms with Crippen LogP contribution in [0, 0.1) is 0 Å². The predicted octanol–water partition coefficient (Wildman–Crippen LogP) is 2.42. The quantitative estimate of drug-likeness (QED) is 0.487. The van der Waals surface area contributed by atoms with E-state index in [4.69, 9.17) is 0 Å². The molecule has 6 nitrogen and oxygen atoms in total. The van der Waals surface area contributed by atoms with Crippen LogP contribution in [0.4, 0.5) is 0 Å². The third-order valence-corrected chi connectivity index (χ3v) is 5.52. The molecule has 0 aliphatic carbocycles. The van der Waals surface area contributed by atoms with Crippen molar-refractivity contribution < 1.29 is 4.79 Å². The number of carbonyl (C=O) groups is 1. The van der Waals surface area contributed by atoms with Gasteiger partial charge in [-0.15, -0.1) is 0 Å². The molecular weight excluding hydrogens is 374 g/mol. The Bertz CT molecular complexity index is 828. The van der Waals surface area contributed by atoms with Gasteiger partial charge in [0, 0.05) is 51.9 Å². The molecule has 0 atom stereocenters. The molecule has 1 fully saturated rings. The summed E-state index contributed by atoms with van der Waals surface area (Å²) in [6, 6.07) is 18.9. The molecule has 2 aromatic carbocycles. The molecule has 3 rings (SSSR count). The van der Waals surface area contributed by atoms with Gasteiger partial charge >= 0.3 is 0 Å². The standard InChI is InChI=1S/C24H33N5O/c1-25-23(30)21-10-6-9-19(17-21)11-14-27-24(26-2)28-22-12-15-29(16-13-22)18-20-7-4-3-5-8-20/h3-10,17,22H,11-16,18H2,1-2H3,(H,25,30)(H2,26,27,28). The maximum Gasteiger partial charge on any atom is 0.251 e. The lowest BCUT2D eigenvalue weighted by Crippen LogP contribution is -2.48. The number of amides is 1. The van der Waals surface area contributed by atoms with Gasteiger partial charge in [-0.2, -0.15) is 0 Å². The van der Waals surface area contributed by atoms with Crippen LogP contribution in [0.15, 0.2) is 59.6 Å². The van der Waals surface area contributed by atoms with Crippen molar-refractivity contribution in [3.8, 4) is 0 Å². The summed E-state index contributed by atoms with van der Waals surface area (Å²) in [6.07, 6.45) is 3.06. The zero-order chi connectivity index (χ0) is 21.2. The Kier molecular flexibility index (Phi) is 8.27. The van der Waals surface area contributed by atoms with Gasteiger partial charge in [0.1, 0.15) is 0 Å². The number of piperidine rings is 1. The van der Waals surface area contributed by atoms with Crippen LogP contribution in [0.2, 0.25) is 0 Å². The molecule has 0 saturated carbocycles. The van der Waals surface area contributed by atoms with Crippen LogP contribution >= 0.6 is 0 Å². The number of benzene rings is 2. The van der Waals surface area contributed by atoms with Gasteiger partial charge in [0.2, 0.25) is 0 Å². The fourth-order valence-electron chi connectivity index (χ4n) is 3.80. The Morgan fingerprint density at radius 3 is 2.50 bits per heavy atom. The Hall–Kier alpha value is -2.86. The number of nitrogens with one attached hydrogen (secondary N) is 3. The molecule has 30 heavy (non-hydrogen) atoms. The van der Waals surface area contributed by atoms with E-state index < -0.39 is 0 Å². The van der Waals surface area contributed by atoms with Crippen molar-refractivity contribution in [3.05, 3.63) is 71.3 Å². The van der Waals surface area contributed by atoms with Gasteiger partial charge in [0.05, 0.1) is 0 Å². The molecule has 3 N–H and O–H groups in total. The van der Waals surface area contributed by atoms with E-state index >= 15 is 0 Å². The fraction of sp³-hybridized carbons (Fsp3) is 0.417. The third kappa shape index (κ3) is 6.59. The molecule has 0 aromatic heterocycles. The fourth-order valence-corrected chi connectivity index (χ4v) is 3.80. The Morgan fingerprint density at radius 1 is 1.07 bits per heavy atom. The lowest BCUT2D eigenvalue weighted by atomic mass is 10.0. The van der Waals surface area contributed by atoms with Crippen LogP contribution in [0.25, 0.3) is 0 Å². The first kappa shape index (κ1) is 21.8. The number of hydrogen-bond acceptors (Lipinski definition) is 3. The van der Waals surface area contributed by atoms with Gasteiger partial charge in [-0.25, -0.2) is 0 Å². The van der Waals surface area contributed by atoms with Crippen molar-refractivity contribution in [2.75, 3.05) is 33.7 Å². The highest BCUT2D eigenvalue weighted by Gasteiger charge is 2.20. The van der Waals surface area contributed by atoms with E-state index in [-0.39, 0.29) is 5.91 Å². The Labute approximate surface area is 179 Å². The number of nitrogens with zero attached hydrogens (tertiary/aromatic N) is 2. The monoisotopic (exact) mass is 407 g/mol. The van der Waals surface area contributed by atoms with E-state index in [9.17, 15) is 4.79 Å². The highest BCUT2D eigenvalue weighted by atomic mass is 16.1. The molecule has 160 valence electrons. The van der Waals surface area contributed by atoms with E-state index in [1.54, 1.807) is 7.05 Å². The molecule has 1 amide bonds. The first-order valence-electron chi connectivity index (χ1n) is 10.7. The number of likely N-dealkylation sites (tertiary alicyclic amines) is 1. The van der Waals surface area contributed by atoms with Crippen molar-refractivity contribution in [1.29, 1.82) is 0 Å². The molecule has 1 aliphatic rings. The minimum absolute atomic E-state index is 0.0547. The zero-order valence-electron chi connectivity index (χ0n) is 18.0. The first-order chi connectivity index (χ1) is 14.7. The van der Waals surface area contributed by atoms with Gasteiger partial charge in [-0.05, 0) is 42.5 Å². The lowest BCUT2D eigenvalue weighted by molar-refractivity contribution is 0.0963. The molecule has 0 spiro atoms. The lowest BCUT2D eigenvalue weighted by Gasteiger charge is -2.33. The molecule has 1 saturated heterocycles.